The zero-order valence-electron chi connectivity index (χ0n) is 11.0. The van der Waals surface area contributed by atoms with E-state index < -0.39 is 0 Å². The highest BCUT2D eigenvalue weighted by molar-refractivity contribution is 7.99. The Morgan fingerprint density at radius 3 is 3.06 bits per heavy atom. The maximum atomic E-state index is 5.83. The Bertz CT molecular complexity index is 309. The Labute approximate surface area is 114 Å². The molecule has 0 radical (unpaired) electrons. The summed E-state index contributed by atoms with van der Waals surface area (Å²) in [6.45, 7) is 4.64. The Hall–Kier alpha value is -0.680. The summed E-state index contributed by atoms with van der Waals surface area (Å²) < 4.78 is 5.83. The number of ether oxygens (including phenoxy) is 1. The van der Waals surface area contributed by atoms with E-state index in [0.717, 1.165) is 30.4 Å². The standard InChI is InChI=1S/C13H23N3OS/c1-3-7-18-8-6-15-13(14-2)16-11-9-10-4-5-12(11)17-10/h3,10-12H,1,4-9H2,2H3,(H2,14,15,16). The van der Waals surface area contributed by atoms with E-state index in [0.29, 0.717) is 18.2 Å². The van der Waals surface area contributed by atoms with Crippen molar-refractivity contribution in [1.29, 1.82) is 0 Å². The van der Waals surface area contributed by atoms with Crippen molar-refractivity contribution in [3.05, 3.63) is 12.7 Å². The van der Waals surface area contributed by atoms with Gasteiger partial charge in [0.05, 0.1) is 18.2 Å². The Morgan fingerprint density at radius 2 is 2.44 bits per heavy atom. The van der Waals surface area contributed by atoms with Crippen LogP contribution in [0.25, 0.3) is 0 Å². The monoisotopic (exact) mass is 269 g/mol. The van der Waals surface area contributed by atoms with Crippen LogP contribution in [0.2, 0.25) is 0 Å². The molecule has 0 aromatic carbocycles. The van der Waals surface area contributed by atoms with E-state index in [2.05, 4.69) is 22.2 Å². The van der Waals surface area contributed by atoms with E-state index >= 15 is 0 Å². The molecule has 0 spiro atoms. The summed E-state index contributed by atoms with van der Waals surface area (Å²) in [6, 6.07) is 0.441. The lowest BCUT2D eigenvalue weighted by Gasteiger charge is -2.22. The van der Waals surface area contributed by atoms with Crippen molar-refractivity contribution < 1.29 is 4.74 Å². The normalized spacial score (nSPS) is 30.5. The van der Waals surface area contributed by atoms with Crippen LogP contribution < -0.4 is 10.6 Å². The second-order valence-corrected chi connectivity index (χ2v) is 5.87. The van der Waals surface area contributed by atoms with Gasteiger partial charge in [-0.05, 0) is 19.3 Å². The third-order valence-electron chi connectivity index (χ3n) is 3.43. The average molecular weight is 269 g/mol. The van der Waals surface area contributed by atoms with E-state index in [1.807, 2.05) is 24.9 Å². The second-order valence-electron chi connectivity index (χ2n) is 4.72. The molecule has 2 aliphatic heterocycles. The molecule has 5 heteroatoms. The Morgan fingerprint density at radius 1 is 1.56 bits per heavy atom. The molecule has 0 aromatic rings. The maximum Gasteiger partial charge on any atom is 0.191 e. The van der Waals surface area contributed by atoms with Crippen LogP contribution in [-0.4, -0.2) is 49.3 Å². The summed E-state index contributed by atoms with van der Waals surface area (Å²) >= 11 is 1.87. The highest BCUT2D eigenvalue weighted by atomic mass is 32.2. The molecule has 2 bridgehead atoms. The van der Waals surface area contributed by atoms with Crippen molar-refractivity contribution in [2.45, 2.75) is 37.5 Å². The number of fused-ring (bicyclic) bond motifs is 2. The first-order valence-electron chi connectivity index (χ1n) is 6.64. The predicted octanol–water partition coefficient (Wildman–Crippen LogP) is 1.39. The van der Waals surface area contributed by atoms with Gasteiger partial charge in [0.15, 0.2) is 5.96 Å². The number of thioether (sulfide) groups is 1. The predicted molar refractivity (Wildman–Crippen MR) is 78.3 cm³/mol. The smallest absolute Gasteiger partial charge is 0.191 e. The fourth-order valence-electron chi connectivity index (χ4n) is 2.57. The van der Waals surface area contributed by atoms with E-state index in [4.69, 9.17) is 4.74 Å². The van der Waals surface area contributed by atoms with Crippen LogP contribution in [0.1, 0.15) is 19.3 Å². The summed E-state index contributed by atoms with van der Waals surface area (Å²) in [4.78, 5) is 4.26. The molecule has 2 N–H and O–H groups in total. The molecular weight excluding hydrogens is 246 g/mol. The summed E-state index contributed by atoms with van der Waals surface area (Å²) in [5.41, 5.74) is 0. The summed E-state index contributed by atoms with van der Waals surface area (Å²) in [5.74, 6) is 2.98. The van der Waals surface area contributed by atoms with Crippen LogP contribution in [0, 0.1) is 0 Å². The number of nitrogens with one attached hydrogen (secondary N) is 2. The molecule has 18 heavy (non-hydrogen) atoms. The van der Waals surface area contributed by atoms with Crippen molar-refractivity contribution in [3.63, 3.8) is 0 Å². The average Bonchev–Trinajstić information content (AvgIpc) is 2.99. The number of hydrogen-bond acceptors (Lipinski definition) is 3. The molecule has 0 saturated carbocycles. The number of nitrogens with zero attached hydrogens (tertiary/aromatic N) is 1. The first-order chi connectivity index (χ1) is 8.83. The van der Waals surface area contributed by atoms with Gasteiger partial charge in [0.1, 0.15) is 0 Å². The first kappa shape index (κ1) is 13.7. The van der Waals surface area contributed by atoms with Crippen LogP contribution >= 0.6 is 11.8 Å². The molecular formula is C13H23N3OS. The van der Waals surface area contributed by atoms with E-state index in [-0.39, 0.29) is 0 Å². The molecule has 2 heterocycles. The molecule has 102 valence electrons. The quantitative estimate of drug-likeness (QED) is 0.331. The largest absolute Gasteiger partial charge is 0.373 e. The molecule has 2 rings (SSSR count). The van der Waals surface area contributed by atoms with E-state index in [9.17, 15) is 0 Å². The van der Waals surface area contributed by atoms with Crippen LogP contribution in [0.5, 0.6) is 0 Å². The number of rotatable bonds is 6. The van der Waals surface area contributed by atoms with Crippen LogP contribution in [0.15, 0.2) is 17.6 Å². The van der Waals surface area contributed by atoms with Crippen molar-refractivity contribution in [1.82, 2.24) is 10.6 Å². The minimum atomic E-state index is 0.392. The summed E-state index contributed by atoms with van der Waals surface area (Å²) in [7, 11) is 1.82. The van der Waals surface area contributed by atoms with Gasteiger partial charge in [-0.15, -0.1) is 6.58 Å². The molecule has 3 unspecified atom stereocenters. The van der Waals surface area contributed by atoms with Crippen molar-refractivity contribution >= 4 is 17.7 Å². The molecule has 0 aromatic heterocycles. The van der Waals surface area contributed by atoms with Gasteiger partial charge in [-0.25, -0.2) is 0 Å². The van der Waals surface area contributed by atoms with Crippen molar-refractivity contribution in [2.75, 3.05) is 25.1 Å². The molecule has 2 fully saturated rings. The fraction of sp³-hybridized carbons (Fsp3) is 0.769. The molecule has 2 saturated heterocycles. The molecule has 2 aliphatic rings. The zero-order valence-corrected chi connectivity index (χ0v) is 11.8. The highest BCUT2D eigenvalue weighted by Gasteiger charge is 2.40. The van der Waals surface area contributed by atoms with E-state index in [1.165, 1.54) is 12.8 Å². The minimum Gasteiger partial charge on any atom is -0.373 e. The third-order valence-corrected chi connectivity index (χ3v) is 4.39. The van der Waals surface area contributed by atoms with Gasteiger partial charge in [0.2, 0.25) is 0 Å². The fourth-order valence-corrected chi connectivity index (χ4v) is 3.15. The van der Waals surface area contributed by atoms with Crippen LogP contribution in [0.3, 0.4) is 0 Å². The van der Waals surface area contributed by atoms with Gasteiger partial charge >= 0.3 is 0 Å². The van der Waals surface area contributed by atoms with Gasteiger partial charge in [0.25, 0.3) is 0 Å². The number of hydrogen-bond donors (Lipinski definition) is 2. The van der Waals surface area contributed by atoms with E-state index in [1.54, 1.807) is 0 Å². The van der Waals surface area contributed by atoms with Crippen LogP contribution in [0.4, 0.5) is 0 Å². The van der Waals surface area contributed by atoms with Gasteiger partial charge < -0.3 is 15.4 Å². The van der Waals surface area contributed by atoms with Gasteiger partial charge in [-0.2, -0.15) is 11.8 Å². The lowest BCUT2D eigenvalue weighted by Crippen LogP contribution is -2.47. The summed E-state index contributed by atoms with van der Waals surface area (Å²) in [6.07, 6.45) is 6.35. The van der Waals surface area contributed by atoms with Crippen molar-refractivity contribution in [2.24, 2.45) is 4.99 Å². The van der Waals surface area contributed by atoms with Gasteiger partial charge in [-0.3, -0.25) is 4.99 Å². The number of guanidine groups is 1. The molecule has 0 aliphatic carbocycles. The van der Waals surface area contributed by atoms with Crippen molar-refractivity contribution in [3.8, 4) is 0 Å². The third kappa shape index (κ3) is 3.65. The Balaban J connectivity index is 1.65. The molecule has 3 atom stereocenters. The second kappa shape index (κ2) is 7.04. The lowest BCUT2D eigenvalue weighted by molar-refractivity contribution is 0.0992. The lowest BCUT2D eigenvalue weighted by atomic mass is 9.96. The van der Waals surface area contributed by atoms with Gasteiger partial charge in [-0.1, -0.05) is 6.08 Å². The topological polar surface area (TPSA) is 45.7 Å². The zero-order chi connectivity index (χ0) is 12.8. The minimum absolute atomic E-state index is 0.392. The first-order valence-corrected chi connectivity index (χ1v) is 7.80. The Kier molecular flexibility index (Phi) is 5.38. The SMILES string of the molecule is C=CCSCCNC(=NC)NC1CC2CCC1O2. The van der Waals surface area contributed by atoms with Crippen LogP contribution in [-0.2, 0) is 4.74 Å². The van der Waals surface area contributed by atoms with Gasteiger partial charge in [0, 0.05) is 25.1 Å². The highest BCUT2D eigenvalue weighted by Crippen LogP contribution is 2.34. The molecule has 4 nitrogen and oxygen atoms in total. The molecule has 0 amide bonds. The maximum absolute atomic E-state index is 5.83. The summed E-state index contributed by atoms with van der Waals surface area (Å²) in [5, 5.41) is 6.82. The number of aliphatic imine (C=N–C) groups is 1.